The van der Waals surface area contributed by atoms with Crippen molar-refractivity contribution in [1.29, 1.82) is 0 Å². The Hall–Kier alpha value is -1.43. The Morgan fingerprint density at radius 1 is 1.56 bits per heavy atom. The van der Waals surface area contributed by atoms with Crippen molar-refractivity contribution in [1.82, 2.24) is 15.5 Å². The summed E-state index contributed by atoms with van der Waals surface area (Å²) >= 11 is 0. The van der Waals surface area contributed by atoms with Crippen molar-refractivity contribution in [2.24, 2.45) is 11.3 Å². The Morgan fingerprint density at radius 2 is 2.33 bits per heavy atom. The van der Waals surface area contributed by atoms with E-state index in [9.17, 15) is 4.79 Å². The van der Waals surface area contributed by atoms with Crippen LogP contribution in [0.2, 0.25) is 0 Å². The molecule has 2 N–H and O–H groups in total. The Morgan fingerprint density at radius 3 is 2.89 bits per heavy atom. The van der Waals surface area contributed by atoms with Gasteiger partial charge in [-0.2, -0.15) is 4.98 Å². The highest BCUT2D eigenvalue weighted by atomic mass is 16.5. The first-order valence-corrected chi connectivity index (χ1v) is 6.32. The molecule has 1 atom stereocenters. The molecule has 0 radical (unpaired) electrons. The fourth-order valence-electron chi connectivity index (χ4n) is 2.26. The van der Waals surface area contributed by atoms with Gasteiger partial charge in [0.05, 0.1) is 0 Å². The molecule has 1 amide bonds. The quantitative estimate of drug-likeness (QED) is 0.848. The Labute approximate surface area is 107 Å². The van der Waals surface area contributed by atoms with Crippen LogP contribution < -0.4 is 10.6 Å². The molecule has 1 unspecified atom stereocenters. The second-order valence-corrected chi connectivity index (χ2v) is 5.37. The third-order valence-corrected chi connectivity index (χ3v) is 3.65. The summed E-state index contributed by atoms with van der Waals surface area (Å²) in [6, 6.07) is 0.175. The van der Waals surface area contributed by atoms with E-state index in [0.717, 1.165) is 25.9 Å². The number of nitrogens with zero attached hydrogens (tertiary/aromatic N) is 2. The standard InChI is InChI=1S/C12H20N4O2/c1-8-14-11(18-16-8)15-10(17)12(2,3)9-5-4-6-13-7-9/h9,13H,4-7H2,1-3H3,(H,14,15,16,17). The van der Waals surface area contributed by atoms with Gasteiger partial charge in [0.2, 0.25) is 5.91 Å². The number of rotatable bonds is 3. The third kappa shape index (κ3) is 2.69. The maximum atomic E-state index is 12.3. The van der Waals surface area contributed by atoms with E-state index in [0.29, 0.717) is 11.7 Å². The molecule has 0 aliphatic carbocycles. The summed E-state index contributed by atoms with van der Waals surface area (Å²) in [5.41, 5.74) is -0.449. The number of hydrogen-bond donors (Lipinski definition) is 2. The summed E-state index contributed by atoms with van der Waals surface area (Å²) in [5, 5.41) is 9.68. The van der Waals surface area contributed by atoms with Crippen molar-refractivity contribution in [3.05, 3.63) is 5.82 Å². The molecule has 2 rings (SSSR count). The number of nitrogens with one attached hydrogen (secondary N) is 2. The van der Waals surface area contributed by atoms with Crippen LogP contribution in [0.4, 0.5) is 6.01 Å². The minimum absolute atomic E-state index is 0.0696. The normalized spacial score (nSPS) is 20.7. The summed E-state index contributed by atoms with van der Waals surface area (Å²) in [5.74, 6) is 0.776. The van der Waals surface area contributed by atoms with Crippen molar-refractivity contribution >= 4 is 11.9 Å². The lowest BCUT2D eigenvalue weighted by molar-refractivity contribution is -0.127. The Balaban J connectivity index is 2.02. The Kier molecular flexibility index (Phi) is 3.65. The first-order valence-electron chi connectivity index (χ1n) is 6.32. The SMILES string of the molecule is Cc1noc(NC(=O)C(C)(C)C2CCCNC2)n1. The minimum Gasteiger partial charge on any atom is -0.316 e. The first-order chi connectivity index (χ1) is 8.50. The maximum Gasteiger partial charge on any atom is 0.328 e. The summed E-state index contributed by atoms with van der Waals surface area (Å²) in [7, 11) is 0. The number of hydrogen-bond acceptors (Lipinski definition) is 5. The van der Waals surface area contributed by atoms with Crippen LogP contribution in [0.5, 0.6) is 0 Å². The van der Waals surface area contributed by atoms with E-state index in [1.54, 1.807) is 6.92 Å². The van der Waals surface area contributed by atoms with Crippen LogP contribution in [0, 0.1) is 18.3 Å². The predicted octanol–water partition coefficient (Wildman–Crippen LogP) is 1.34. The van der Waals surface area contributed by atoms with Crippen molar-refractivity contribution in [2.75, 3.05) is 18.4 Å². The zero-order valence-electron chi connectivity index (χ0n) is 11.1. The van der Waals surface area contributed by atoms with Gasteiger partial charge >= 0.3 is 6.01 Å². The predicted molar refractivity (Wildman–Crippen MR) is 67.0 cm³/mol. The van der Waals surface area contributed by atoms with Gasteiger partial charge in [0.25, 0.3) is 0 Å². The highest BCUT2D eigenvalue weighted by molar-refractivity contribution is 5.93. The number of amides is 1. The fourth-order valence-corrected chi connectivity index (χ4v) is 2.26. The molecule has 1 aliphatic heterocycles. The second kappa shape index (κ2) is 5.06. The second-order valence-electron chi connectivity index (χ2n) is 5.37. The molecule has 1 fully saturated rings. The average Bonchev–Trinajstić information content (AvgIpc) is 2.76. The first kappa shape index (κ1) is 13.0. The topological polar surface area (TPSA) is 80.0 Å². The summed E-state index contributed by atoms with van der Waals surface area (Å²) < 4.78 is 4.91. The zero-order chi connectivity index (χ0) is 13.2. The van der Waals surface area contributed by atoms with Crippen molar-refractivity contribution in [2.45, 2.75) is 33.6 Å². The van der Waals surface area contributed by atoms with Gasteiger partial charge in [-0.25, -0.2) is 0 Å². The van der Waals surface area contributed by atoms with Crippen molar-refractivity contribution in [3.8, 4) is 0 Å². The van der Waals surface area contributed by atoms with Crippen molar-refractivity contribution in [3.63, 3.8) is 0 Å². The van der Waals surface area contributed by atoms with Crippen LogP contribution in [0.1, 0.15) is 32.5 Å². The van der Waals surface area contributed by atoms with Crippen LogP contribution in [0.25, 0.3) is 0 Å². The van der Waals surface area contributed by atoms with E-state index in [1.165, 1.54) is 0 Å². The van der Waals surface area contributed by atoms with E-state index in [-0.39, 0.29) is 11.9 Å². The molecular weight excluding hydrogens is 232 g/mol. The van der Waals surface area contributed by atoms with Gasteiger partial charge in [0.15, 0.2) is 5.82 Å². The van der Waals surface area contributed by atoms with Crippen LogP contribution in [-0.4, -0.2) is 29.1 Å². The van der Waals surface area contributed by atoms with Gasteiger partial charge in [-0.3, -0.25) is 10.1 Å². The molecule has 2 heterocycles. The number of aryl methyl sites for hydroxylation is 1. The monoisotopic (exact) mass is 252 g/mol. The van der Waals surface area contributed by atoms with Gasteiger partial charge in [0, 0.05) is 5.41 Å². The molecule has 100 valence electrons. The number of carbonyl (C=O) groups is 1. The van der Waals surface area contributed by atoms with Crippen LogP contribution in [-0.2, 0) is 4.79 Å². The molecule has 18 heavy (non-hydrogen) atoms. The molecule has 0 bridgehead atoms. The van der Waals surface area contributed by atoms with Crippen LogP contribution >= 0.6 is 0 Å². The maximum absolute atomic E-state index is 12.3. The largest absolute Gasteiger partial charge is 0.328 e. The molecule has 0 aromatic carbocycles. The lowest BCUT2D eigenvalue weighted by Gasteiger charge is -2.35. The fraction of sp³-hybridized carbons (Fsp3) is 0.750. The molecule has 1 aromatic heterocycles. The molecule has 0 saturated carbocycles. The van der Waals surface area contributed by atoms with E-state index in [2.05, 4.69) is 20.8 Å². The minimum atomic E-state index is -0.449. The lowest BCUT2D eigenvalue weighted by atomic mass is 9.74. The van der Waals surface area contributed by atoms with E-state index in [4.69, 9.17) is 4.52 Å². The highest BCUT2D eigenvalue weighted by Gasteiger charge is 2.37. The number of anilines is 1. The van der Waals surface area contributed by atoms with Crippen molar-refractivity contribution < 1.29 is 9.32 Å². The molecular formula is C12H20N4O2. The average molecular weight is 252 g/mol. The number of aromatic nitrogens is 2. The van der Waals surface area contributed by atoms with E-state index >= 15 is 0 Å². The molecule has 1 aromatic rings. The zero-order valence-corrected chi connectivity index (χ0v) is 11.1. The van der Waals surface area contributed by atoms with Crippen LogP contribution in [0.15, 0.2) is 4.52 Å². The van der Waals surface area contributed by atoms with Gasteiger partial charge in [-0.15, -0.1) is 0 Å². The van der Waals surface area contributed by atoms with Gasteiger partial charge in [0.1, 0.15) is 0 Å². The summed E-state index contributed by atoms with van der Waals surface area (Å²) in [4.78, 5) is 16.3. The Bertz CT molecular complexity index is 421. The van der Waals surface area contributed by atoms with Crippen LogP contribution in [0.3, 0.4) is 0 Å². The molecule has 1 saturated heterocycles. The van der Waals surface area contributed by atoms with Gasteiger partial charge in [-0.1, -0.05) is 19.0 Å². The lowest BCUT2D eigenvalue weighted by Crippen LogP contribution is -2.44. The smallest absolute Gasteiger partial charge is 0.316 e. The molecule has 1 aliphatic rings. The highest BCUT2D eigenvalue weighted by Crippen LogP contribution is 2.32. The summed E-state index contributed by atoms with van der Waals surface area (Å²) in [6.07, 6.45) is 2.18. The number of carbonyl (C=O) groups excluding carboxylic acids is 1. The van der Waals surface area contributed by atoms with E-state index in [1.807, 2.05) is 13.8 Å². The number of piperidine rings is 1. The third-order valence-electron chi connectivity index (χ3n) is 3.65. The van der Waals surface area contributed by atoms with E-state index < -0.39 is 5.41 Å². The van der Waals surface area contributed by atoms with Gasteiger partial charge in [-0.05, 0) is 38.8 Å². The molecule has 6 nitrogen and oxygen atoms in total. The summed E-state index contributed by atoms with van der Waals surface area (Å²) in [6.45, 7) is 7.56. The van der Waals surface area contributed by atoms with Gasteiger partial charge < -0.3 is 9.84 Å². The molecule has 6 heteroatoms. The molecule has 0 spiro atoms.